The monoisotopic (exact) mass is 440 g/mol. The van der Waals surface area contributed by atoms with E-state index in [4.69, 9.17) is 9.47 Å². The average Bonchev–Trinajstić information content (AvgIpc) is 3.22. The molecule has 0 spiro atoms. The predicted octanol–water partition coefficient (Wildman–Crippen LogP) is 4.30. The van der Waals surface area contributed by atoms with Gasteiger partial charge in [-0.15, -0.1) is 12.4 Å². The smallest absolute Gasteiger partial charge is 0.298 e. The van der Waals surface area contributed by atoms with Gasteiger partial charge in [-0.05, 0) is 23.3 Å². The van der Waals surface area contributed by atoms with E-state index in [0.29, 0.717) is 35.8 Å². The van der Waals surface area contributed by atoms with E-state index in [1.807, 2.05) is 66.9 Å². The second-order valence-electron chi connectivity index (χ2n) is 7.41. The van der Waals surface area contributed by atoms with Crippen molar-refractivity contribution in [3.8, 4) is 11.5 Å². The van der Waals surface area contributed by atoms with E-state index in [0.717, 1.165) is 17.0 Å². The highest BCUT2D eigenvalue weighted by molar-refractivity contribution is 5.85. The molecule has 7 nitrogen and oxygen atoms in total. The first-order valence-electron chi connectivity index (χ1n) is 9.84. The average molecular weight is 441 g/mol. The molecule has 1 N–H and O–H groups in total. The number of aromatic amines is 1. The first kappa shape index (κ1) is 22.4. The minimum Gasteiger partial charge on any atom is -0.493 e. The molecule has 0 bridgehead atoms. The lowest BCUT2D eigenvalue weighted by Gasteiger charge is -2.13. The summed E-state index contributed by atoms with van der Waals surface area (Å²) in [6.45, 7) is 5.00. The van der Waals surface area contributed by atoms with Gasteiger partial charge in [0.25, 0.3) is 5.56 Å². The third-order valence-electron chi connectivity index (χ3n) is 4.87. The largest absolute Gasteiger partial charge is 0.493 e. The number of aromatic nitrogens is 4. The van der Waals surface area contributed by atoms with Gasteiger partial charge in [-0.1, -0.05) is 50.2 Å². The van der Waals surface area contributed by atoms with Gasteiger partial charge in [0.05, 0.1) is 13.7 Å². The number of hydrogen-bond acceptors (Lipinski definition) is 5. The fourth-order valence-corrected chi connectivity index (χ4v) is 3.23. The van der Waals surface area contributed by atoms with Crippen LogP contribution in [0, 0.1) is 0 Å². The maximum atomic E-state index is 12.1. The normalized spacial score (nSPS) is 10.8. The summed E-state index contributed by atoms with van der Waals surface area (Å²) < 4.78 is 13.3. The zero-order valence-corrected chi connectivity index (χ0v) is 18.5. The van der Waals surface area contributed by atoms with E-state index >= 15 is 0 Å². The standard InChI is InChI=1S/C23H24N4O3.ClH/c1-15(2)21-25-20-22(26-21)27(14-24-23(20)28)12-17-9-10-18(29-3)19(11-17)30-13-16-7-5-4-6-8-16;/h4-11,14-15H,12-13H2,1-3H3,(H,25,26);1H. The summed E-state index contributed by atoms with van der Waals surface area (Å²) in [4.78, 5) is 23.9. The lowest BCUT2D eigenvalue weighted by atomic mass is 10.2. The maximum Gasteiger partial charge on any atom is 0.298 e. The van der Waals surface area contributed by atoms with Crippen molar-refractivity contribution in [3.63, 3.8) is 0 Å². The Kier molecular flexibility index (Phi) is 6.97. The van der Waals surface area contributed by atoms with Crippen molar-refractivity contribution in [1.82, 2.24) is 19.5 Å². The molecule has 0 aliphatic rings. The van der Waals surface area contributed by atoms with Gasteiger partial charge in [0.2, 0.25) is 0 Å². The quantitative estimate of drug-likeness (QED) is 0.463. The number of benzene rings is 2. The molecule has 0 saturated heterocycles. The minimum atomic E-state index is -0.303. The fraction of sp³-hybridized carbons (Fsp3) is 0.261. The van der Waals surface area contributed by atoms with Crippen LogP contribution in [0.1, 0.15) is 36.7 Å². The Bertz CT molecular complexity index is 1220. The molecule has 0 atom stereocenters. The van der Waals surface area contributed by atoms with Gasteiger partial charge in [0.15, 0.2) is 22.7 Å². The van der Waals surface area contributed by atoms with Gasteiger partial charge >= 0.3 is 0 Å². The summed E-state index contributed by atoms with van der Waals surface area (Å²) in [6, 6.07) is 15.8. The molecule has 8 heteroatoms. The van der Waals surface area contributed by atoms with Crippen LogP contribution in [0.2, 0.25) is 0 Å². The van der Waals surface area contributed by atoms with Crippen LogP contribution >= 0.6 is 12.4 Å². The molecule has 0 radical (unpaired) electrons. The number of nitrogens with zero attached hydrogens (tertiary/aromatic N) is 3. The molecule has 0 unspecified atom stereocenters. The summed E-state index contributed by atoms with van der Waals surface area (Å²) in [6.07, 6.45) is 1.53. The van der Waals surface area contributed by atoms with Gasteiger partial charge < -0.3 is 19.0 Å². The summed E-state index contributed by atoms with van der Waals surface area (Å²) in [5.41, 5.74) is 2.78. The molecule has 162 valence electrons. The third kappa shape index (κ3) is 4.88. The molecule has 0 aliphatic heterocycles. The van der Waals surface area contributed by atoms with Crippen LogP contribution in [-0.4, -0.2) is 26.6 Å². The van der Waals surface area contributed by atoms with Crippen molar-refractivity contribution in [2.24, 2.45) is 0 Å². The van der Waals surface area contributed by atoms with E-state index in [-0.39, 0.29) is 23.9 Å². The summed E-state index contributed by atoms with van der Waals surface area (Å²) >= 11 is 0. The molecule has 4 rings (SSSR count). The Balaban J connectivity index is 0.00000272. The number of fused-ring (bicyclic) bond motifs is 1. The Morgan fingerprint density at radius 1 is 1.06 bits per heavy atom. The Labute approximate surface area is 186 Å². The van der Waals surface area contributed by atoms with E-state index in [1.165, 1.54) is 6.33 Å². The van der Waals surface area contributed by atoms with Crippen molar-refractivity contribution in [2.45, 2.75) is 32.9 Å². The van der Waals surface area contributed by atoms with Gasteiger partial charge in [-0.3, -0.25) is 4.79 Å². The third-order valence-corrected chi connectivity index (χ3v) is 4.87. The number of methoxy groups -OCH3 is 1. The Morgan fingerprint density at radius 2 is 1.84 bits per heavy atom. The van der Waals surface area contributed by atoms with Crippen LogP contribution in [0.25, 0.3) is 11.2 Å². The zero-order chi connectivity index (χ0) is 21.1. The number of rotatable bonds is 7. The summed E-state index contributed by atoms with van der Waals surface area (Å²) in [5, 5.41) is 0. The molecule has 0 amide bonds. The second-order valence-corrected chi connectivity index (χ2v) is 7.41. The van der Waals surface area contributed by atoms with E-state index in [1.54, 1.807) is 7.11 Å². The van der Waals surface area contributed by atoms with Gasteiger partial charge in [-0.25, -0.2) is 4.98 Å². The maximum absolute atomic E-state index is 12.1. The Hall–Kier alpha value is -3.32. The van der Waals surface area contributed by atoms with Crippen molar-refractivity contribution in [2.75, 3.05) is 7.11 Å². The molecular formula is C23H25ClN4O3. The van der Waals surface area contributed by atoms with Gasteiger partial charge in [0.1, 0.15) is 18.8 Å². The highest BCUT2D eigenvalue weighted by Crippen LogP contribution is 2.29. The van der Waals surface area contributed by atoms with Crippen LogP contribution in [-0.2, 0) is 13.2 Å². The molecule has 0 aliphatic carbocycles. The first-order valence-corrected chi connectivity index (χ1v) is 9.84. The van der Waals surface area contributed by atoms with Crippen LogP contribution in [0.15, 0.2) is 59.7 Å². The van der Waals surface area contributed by atoms with Gasteiger partial charge in [-0.2, -0.15) is 4.98 Å². The number of halogens is 1. The van der Waals surface area contributed by atoms with Crippen LogP contribution < -0.4 is 15.0 Å². The van der Waals surface area contributed by atoms with Crippen molar-refractivity contribution >= 4 is 23.6 Å². The zero-order valence-electron chi connectivity index (χ0n) is 17.7. The number of hydrogen-bond donors (Lipinski definition) is 1. The second kappa shape index (κ2) is 9.66. The van der Waals surface area contributed by atoms with E-state index in [9.17, 15) is 4.79 Å². The number of imidazole rings is 1. The molecule has 0 saturated carbocycles. The Morgan fingerprint density at radius 3 is 2.55 bits per heavy atom. The summed E-state index contributed by atoms with van der Waals surface area (Å²) in [7, 11) is 1.62. The van der Waals surface area contributed by atoms with Gasteiger partial charge in [0, 0.05) is 5.92 Å². The molecule has 4 aromatic rings. The fourth-order valence-electron chi connectivity index (χ4n) is 3.23. The van der Waals surface area contributed by atoms with Crippen molar-refractivity contribution < 1.29 is 9.47 Å². The van der Waals surface area contributed by atoms with E-state index < -0.39 is 0 Å². The van der Waals surface area contributed by atoms with Crippen LogP contribution in [0.5, 0.6) is 11.5 Å². The van der Waals surface area contributed by atoms with E-state index in [2.05, 4.69) is 15.0 Å². The topological polar surface area (TPSA) is 82.0 Å². The van der Waals surface area contributed by atoms with Crippen LogP contribution in [0.3, 0.4) is 0 Å². The molecule has 2 heterocycles. The highest BCUT2D eigenvalue weighted by atomic mass is 35.5. The minimum absolute atomic E-state index is 0. The lowest BCUT2D eigenvalue weighted by molar-refractivity contribution is 0.284. The summed E-state index contributed by atoms with van der Waals surface area (Å²) in [5.74, 6) is 2.28. The first-order chi connectivity index (χ1) is 14.5. The van der Waals surface area contributed by atoms with Crippen molar-refractivity contribution in [3.05, 3.63) is 82.2 Å². The van der Waals surface area contributed by atoms with Crippen LogP contribution in [0.4, 0.5) is 0 Å². The number of H-pyrrole nitrogens is 1. The number of ether oxygens (including phenoxy) is 2. The lowest BCUT2D eigenvalue weighted by Crippen LogP contribution is -2.13. The predicted molar refractivity (Wildman–Crippen MR) is 122 cm³/mol. The molecule has 0 fully saturated rings. The SMILES string of the molecule is COc1ccc(Cn2cnc(=O)c3[nH]c(C(C)C)nc32)cc1OCc1ccccc1.Cl. The molecule has 2 aromatic heterocycles. The molecule has 31 heavy (non-hydrogen) atoms. The number of nitrogens with one attached hydrogen (secondary N) is 1. The van der Waals surface area contributed by atoms with Crippen molar-refractivity contribution in [1.29, 1.82) is 0 Å². The highest BCUT2D eigenvalue weighted by Gasteiger charge is 2.14. The molecule has 2 aromatic carbocycles. The molecular weight excluding hydrogens is 416 g/mol.